The Morgan fingerprint density at radius 3 is 2.31 bits per heavy atom. The van der Waals surface area contributed by atoms with E-state index in [1.165, 1.54) is 0 Å². The largest absolute Gasteiger partial charge is 0.389 e. The van der Waals surface area contributed by atoms with Crippen molar-refractivity contribution in [3.63, 3.8) is 0 Å². The highest BCUT2D eigenvalue weighted by molar-refractivity contribution is 4.95. The van der Waals surface area contributed by atoms with E-state index in [4.69, 9.17) is 10.5 Å². The van der Waals surface area contributed by atoms with Crippen LogP contribution in [0.1, 0.15) is 45.4 Å². The van der Waals surface area contributed by atoms with E-state index in [0.29, 0.717) is 6.61 Å². The van der Waals surface area contributed by atoms with Gasteiger partial charge in [-0.05, 0) is 26.2 Å². The minimum Gasteiger partial charge on any atom is -0.374 e. The number of alkyl halides is 3. The van der Waals surface area contributed by atoms with Crippen LogP contribution < -0.4 is 5.73 Å². The fourth-order valence-corrected chi connectivity index (χ4v) is 2.47. The number of hydrogen-bond acceptors (Lipinski definition) is 2. The van der Waals surface area contributed by atoms with E-state index in [0.717, 1.165) is 25.7 Å². The number of nitrogens with two attached hydrogens (primary N) is 1. The molecular weight excluding hydrogens is 219 g/mol. The molecule has 2 N–H and O–H groups in total. The third-order valence-electron chi connectivity index (χ3n) is 3.30. The molecule has 0 saturated heterocycles. The van der Waals surface area contributed by atoms with Crippen molar-refractivity contribution in [1.82, 2.24) is 0 Å². The molecule has 1 aliphatic carbocycles. The summed E-state index contributed by atoms with van der Waals surface area (Å²) >= 11 is 0. The highest BCUT2D eigenvalue weighted by atomic mass is 19.4. The zero-order valence-electron chi connectivity index (χ0n) is 9.65. The van der Waals surface area contributed by atoms with Crippen molar-refractivity contribution >= 4 is 0 Å². The van der Waals surface area contributed by atoms with E-state index >= 15 is 0 Å². The number of ether oxygens (including phenoxy) is 1. The molecule has 1 saturated carbocycles. The highest BCUT2D eigenvalue weighted by Crippen LogP contribution is 2.37. The Balaban J connectivity index is 2.51. The van der Waals surface area contributed by atoms with Gasteiger partial charge in [-0.15, -0.1) is 0 Å². The lowest BCUT2D eigenvalue weighted by molar-refractivity contribution is -0.141. The number of rotatable bonds is 5. The van der Waals surface area contributed by atoms with Gasteiger partial charge in [0.1, 0.15) is 0 Å². The van der Waals surface area contributed by atoms with E-state index < -0.39 is 24.2 Å². The summed E-state index contributed by atoms with van der Waals surface area (Å²) in [7, 11) is 0. The van der Waals surface area contributed by atoms with Crippen LogP contribution in [0, 0.1) is 0 Å². The van der Waals surface area contributed by atoms with Gasteiger partial charge in [0.2, 0.25) is 0 Å². The van der Waals surface area contributed by atoms with E-state index in [1.54, 1.807) is 0 Å². The maximum atomic E-state index is 12.1. The van der Waals surface area contributed by atoms with Gasteiger partial charge in [-0.1, -0.05) is 12.8 Å². The Hall–Kier alpha value is -0.290. The maximum Gasteiger partial charge on any atom is 0.389 e. The van der Waals surface area contributed by atoms with Gasteiger partial charge in [-0.3, -0.25) is 0 Å². The van der Waals surface area contributed by atoms with Crippen LogP contribution in [0.4, 0.5) is 13.2 Å². The quantitative estimate of drug-likeness (QED) is 0.800. The molecule has 5 heteroatoms. The molecule has 0 aromatic rings. The van der Waals surface area contributed by atoms with Crippen LogP contribution in [-0.2, 0) is 4.74 Å². The first-order chi connectivity index (χ1) is 7.40. The van der Waals surface area contributed by atoms with Gasteiger partial charge in [-0.2, -0.15) is 13.2 Å². The molecular formula is C11H20F3NO. The third kappa shape index (κ3) is 3.63. The predicted octanol–water partition coefficient (Wildman–Crippen LogP) is 3.01. The molecule has 0 aromatic heterocycles. The van der Waals surface area contributed by atoms with Crippen molar-refractivity contribution in [3.8, 4) is 0 Å². The third-order valence-corrected chi connectivity index (χ3v) is 3.30. The van der Waals surface area contributed by atoms with E-state index in [2.05, 4.69) is 0 Å². The van der Waals surface area contributed by atoms with Gasteiger partial charge in [-0.25, -0.2) is 0 Å². The molecule has 0 spiro atoms. The highest BCUT2D eigenvalue weighted by Gasteiger charge is 2.41. The summed E-state index contributed by atoms with van der Waals surface area (Å²) in [5.41, 5.74) is 5.38. The lowest BCUT2D eigenvalue weighted by Crippen LogP contribution is -2.48. The van der Waals surface area contributed by atoms with Crippen molar-refractivity contribution in [2.75, 3.05) is 6.61 Å². The summed E-state index contributed by atoms with van der Waals surface area (Å²) in [6.45, 7) is 2.37. The minimum absolute atomic E-state index is 0.0382. The van der Waals surface area contributed by atoms with E-state index in [-0.39, 0.29) is 6.42 Å². The van der Waals surface area contributed by atoms with Crippen LogP contribution in [0.2, 0.25) is 0 Å². The molecule has 0 bridgehead atoms. The topological polar surface area (TPSA) is 35.2 Å². The first kappa shape index (κ1) is 13.8. The molecule has 16 heavy (non-hydrogen) atoms. The molecule has 1 aliphatic rings. The standard InChI is InChI=1S/C11H20F3NO/c1-2-16-10(6-3-4-7-10)9(15)5-8-11(12,13)14/h9H,2-8,15H2,1H3. The van der Waals surface area contributed by atoms with Gasteiger partial charge in [0.05, 0.1) is 5.60 Å². The summed E-state index contributed by atoms with van der Waals surface area (Å²) in [5.74, 6) is 0. The number of hydrogen-bond donors (Lipinski definition) is 1. The van der Waals surface area contributed by atoms with Gasteiger partial charge in [0.15, 0.2) is 0 Å². The molecule has 0 aliphatic heterocycles. The fraction of sp³-hybridized carbons (Fsp3) is 1.00. The van der Waals surface area contributed by atoms with Crippen LogP contribution in [0.25, 0.3) is 0 Å². The summed E-state index contributed by atoms with van der Waals surface area (Å²) in [5, 5.41) is 0. The van der Waals surface area contributed by atoms with Crippen LogP contribution in [0.3, 0.4) is 0 Å². The lowest BCUT2D eigenvalue weighted by atomic mass is 9.89. The summed E-state index contributed by atoms with van der Waals surface area (Å²) in [6.07, 6.45) is -1.39. The summed E-state index contributed by atoms with van der Waals surface area (Å²) in [6, 6.07) is -0.503. The van der Waals surface area contributed by atoms with Crippen LogP contribution in [-0.4, -0.2) is 24.4 Å². The molecule has 1 unspecified atom stereocenters. The molecule has 0 aromatic carbocycles. The Morgan fingerprint density at radius 2 is 1.88 bits per heavy atom. The van der Waals surface area contributed by atoms with Gasteiger partial charge in [0.25, 0.3) is 0 Å². The van der Waals surface area contributed by atoms with Crippen molar-refractivity contribution in [1.29, 1.82) is 0 Å². The average molecular weight is 239 g/mol. The summed E-state index contributed by atoms with van der Waals surface area (Å²) < 4.78 is 42.0. The number of halogens is 3. The van der Waals surface area contributed by atoms with Crippen LogP contribution in [0.5, 0.6) is 0 Å². The Morgan fingerprint density at radius 1 is 1.31 bits per heavy atom. The molecule has 2 nitrogen and oxygen atoms in total. The Labute approximate surface area is 94.3 Å². The van der Waals surface area contributed by atoms with E-state index in [9.17, 15) is 13.2 Å². The normalized spacial score (nSPS) is 22.3. The zero-order chi connectivity index (χ0) is 12.2. The fourth-order valence-electron chi connectivity index (χ4n) is 2.47. The van der Waals surface area contributed by atoms with E-state index in [1.807, 2.05) is 6.92 Å². The van der Waals surface area contributed by atoms with Gasteiger partial charge < -0.3 is 10.5 Å². The first-order valence-electron chi connectivity index (χ1n) is 5.86. The molecule has 0 radical (unpaired) electrons. The van der Waals surface area contributed by atoms with Crippen molar-refractivity contribution in [2.45, 2.75) is 63.3 Å². The summed E-state index contributed by atoms with van der Waals surface area (Å²) in [4.78, 5) is 0. The molecule has 0 amide bonds. The second-order valence-electron chi connectivity index (χ2n) is 4.47. The first-order valence-corrected chi connectivity index (χ1v) is 5.86. The van der Waals surface area contributed by atoms with Crippen molar-refractivity contribution < 1.29 is 17.9 Å². The van der Waals surface area contributed by atoms with Crippen LogP contribution in [0.15, 0.2) is 0 Å². The maximum absolute atomic E-state index is 12.1. The zero-order valence-corrected chi connectivity index (χ0v) is 9.65. The molecule has 96 valence electrons. The molecule has 0 heterocycles. The average Bonchev–Trinajstić information content (AvgIpc) is 2.63. The molecule has 1 fully saturated rings. The Bertz CT molecular complexity index is 212. The molecule has 1 rings (SSSR count). The second-order valence-corrected chi connectivity index (χ2v) is 4.47. The second kappa shape index (κ2) is 5.36. The smallest absolute Gasteiger partial charge is 0.374 e. The van der Waals surface area contributed by atoms with Gasteiger partial charge >= 0.3 is 6.18 Å². The van der Waals surface area contributed by atoms with Crippen molar-refractivity contribution in [2.24, 2.45) is 5.73 Å². The Kier molecular flexibility index (Phi) is 4.62. The van der Waals surface area contributed by atoms with Crippen LogP contribution >= 0.6 is 0 Å². The molecule has 1 atom stereocenters. The van der Waals surface area contributed by atoms with Crippen molar-refractivity contribution in [3.05, 3.63) is 0 Å². The SMILES string of the molecule is CCOC1(C(N)CCC(F)(F)F)CCCC1. The predicted molar refractivity (Wildman–Crippen MR) is 56.1 cm³/mol. The lowest BCUT2D eigenvalue weighted by Gasteiger charge is -2.35. The van der Waals surface area contributed by atoms with Gasteiger partial charge in [0, 0.05) is 19.1 Å². The monoisotopic (exact) mass is 239 g/mol. The minimum atomic E-state index is -4.12.